The molecule has 4 heterocycles. The largest absolute Gasteiger partial charge is 0.338 e. The van der Waals surface area contributed by atoms with E-state index in [9.17, 15) is 4.79 Å². The summed E-state index contributed by atoms with van der Waals surface area (Å²) in [6.07, 6.45) is 4.88. The van der Waals surface area contributed by atoms with Gasteiger partial charge in [-0.1, -0.05) is 42.3 Å². The number of imidazole rings is 1. The van der Waals surface area contributed by atoms with E-state index in [4.69, 9.17) is 23.2 Å². The molecule has 1 saturated heterocycles. The number of nitrogens with one attached hydrogen (secondary N) is 2. The number of likely N-dealkylation sites (N-methyl/N-ethyl adjacent to an activating group) is 1. The Morgan fingerprint density at radius 1 is 1.00 bits per heavy atom. The quantitative estimate of drug-likeness (QED) is 0.282. The zero-order valence-electron chi connectivity index (χ0n) is 21.8. The smallest absolute Gasteiger partial charge is 0.260 e. The van der Waals surface area contributed by atoms with Crippen LogP contribution in [0.1, 0.15) is 22.8 Å². The van der Waals surface area contributed by atoms with Crippen LogP contribution < -0.4 is 10.2 Å². The van der Waals surface area contributed by atoms with E-state index >= 15 is 0 Å². The second kappa shape index (κ2) is 11.2. The molecule has 0 aliphatic carbocycles. The van der Waals surface area contributed by atoms with Gasteiger partial charge in [-0.25, -0.2) is 15.0 Å². The number of rotatable bonds is 7. The van der Waals surface area contributed by atoms with Crippen molar-refractivity contribution in [3.8, 4) is 11.3 Å². The van der Waals surface area contributed by atoms with Crippen LogP contribution in [0.25, 0.3) is 22.3 Å². The number of anilines is 2. The summed E-state index contributed by atoms with van der Waals surface area (Å²) in [7, 11) is 0. The molecule has 3 aromatic heterocycles. The summed E-state index contributed by atoms with van der Waals surface area (Å²) in [5, 5.41) is 11.3. The fraction of sp³-hybridized carbons (Fsp3) is 0.250. The maximum atomic E-state index is 12.8. The predicted molar refractivity (Wildman–Crippen MR) is 157 cm³/mol. The number of aromatic nitrogens is 6. The van der Waals surface area contributed by atoms with Gasteiger partial charge in [0.25, 0.3) is 5.91 Å². The molecule has 6 rings (SSSR count). The molecule has 0 bridgehead atoms. The third-order valence-corrected chi connectivity index (χ3v) is 7.85. The van der Waals surface area contributed by atoms with Gasteiger partial charge in [-0.2, -0.15) is 5.10 Å². The van der Waals surface area contributed by atoms with Crippen LogP contribution in [0, 0.1) is 0 Å². The van der Waals surface area contributed by atoms with Gasteiger partial charge in [0, 0.05) is 65.8 Å². The van der Waals surface area contributed by atoms with Gasteiger partial charge < -0.3 is 19.7 Å². The number of nitrogens with zero attached hydrogens (tertiary/aromatic N) is 7. The summed E-state index contributed by atoms with van der Waals surface area (Å²) in [4.78, 5) is 30.7. The van der Waals surface area contributed by atoms with Crippen molar-refractivity contribution in [2.75, 3.05) is 42.9 Å². The lowest BCUT2D eigenvalue weighted by Crippen LogP contribution is -2.46. The van der Waals surface area contributed by atoms with Crippen LogP contribution in [-0.4, -0.2) is 73.2 Å². The summed E-state index contributed by atoms with van der Waals surface area (Å²) in [6, 6.07) is 13.2. The minimum atomic E-state index is -0.328. The van der Waals surface area contributed by atoms with Gasteiger partial charge >= 0.3 is 0 Å². The summed E-state index contributed by atoms with van der Waals surface area (Å²) in [5.41, 5.74) is 4.60. The molecule has 5 aromatic rings. The highest BCUT2D eigenvalue weighted by atomic mass is 35.5. The highest BCUT2D eigenvalue weighted by Gasteiger charge is 2.19. The van der Waals surface area contributed by atoms with Crippen molar-refractivity contribution in [3.63, 3.8) is 0 Å². The molecule has 0 radical (unpaired) electrons. The fourth-order valence-electron chi connectivity index (χ4n) is 4.79. The lowest BCUT2D eigenvalue weighted by molar-refractivity contribution is 0.102. The van der Waals surface area contributed by atoms with Gasteiger partial charge in [-0.3, -0.25) is 9.89 Å². The molecule has 0 spiro atoms. The van der Waals surface area contributed by atoms with Crippen LogP contribution in [0.4, 0.5) is 11.8 Å². The summed E-state index contributed by atoms with van der Waals surface area (Å²) >= 11 is 12.8. The Balaban J connectivity index is 1.15. The maximum absolute atomic E-state index is 12.8. The minimum Gasteiger partial charge on any atom is -0.338 e. The Morgan fingerprint density at radius 2 is 1.75 bits per heavy atom. The summed E-state index contributed by atoms with van der Waals surface area (Å²) in [5.74, 6) is 0.711. The first-order valence-electron chi connectivity index (χ1n) is 13.0. The molecule has 2 N–H and O–H groups in total. The molecular formula is C28H27Cl2N9O. The highest BCUT2D eigenvalue weighted by molar-refractivity contribution is 6.36. The number of H-pyrrole nitrogens is 1. The molecule has 0 saturated carbocycles. The Bertz CT molecular complexity index is 1640. The molecule has 1 aliphatic heterocycles. The highest BCUT2D eigenvalue weighted by Crippen LogP contribution is 2.28. The number of hydrogen-bond donors (Lipinski definition) is 2. The van der Waals surface area contributed by atoms with Crippen LogP contribution in [0.3, 0.4) is 0 Å². The number of benzene rings is 2. The number of carbonyl (C=O) groups excluding carboxylic acids is 1. The van der Waals surface area contributed by atoms with E-state index in [0.717, 1.165) is 60.6 Å². The zero-order chi connectivity index (χ0) is 27.6. The van der Waals surface area contributed by atoms with Gasteiger partial charge in [0.05, 0.1) is 35.2 Å². The van der Waals surface area contributed by atoms with Gasteiger partial charge in [-0.05, 0) is 30.8 Å². The summed E-state index contributed by atoms with van der Waals surface area (Å²) < 4.78 is 2.00. The second-order valence-corrected chi connectivity index (χ2v) is 10.4. The molecular weight excluding hydrogens is 549 g/mol. The number of amides is 1. The van der Waals surface area contributed by atoms with E-state index in [2.05, 4.69) is 47.2 Å². The number of halogens is 2. The zero-order valence-corrected chi connectivity index (χ0v) is 23.3. The molecule has 2 aromatic carbocycles. The van der Waals surface area contributed by atoms with E-state index in [1.807, 2.05) is 41.0 Å². The van der Waals surface area contributed by atoms with Crippen molar-refractivity contribution in [2.45, 2.75) is 13.5 Å². The molecule has 204 valence electrons. The Hall–Kier alpha value is -3.99. The number of hydrogen-bond acceptors (Lipinski definition) is 7. The van der Waals surface area contributed by atoms with Crippen LogP contribution >= 0.6 is 23.2 Å². The van der Waals surface area contributed by atoms with Crippen molar-refractivity contribution in [3.05, 3.63) is 82.4 Å². The average Bonchev–Trinajstić information content (AvgIpc) is 3.62. The minimum absolute atomic E-state index is 0.328. The molecule has 1 aliphatic rings. The van der Waals surface area contributed by atoms with E-state index in [1.165, 1.54) is 0 Å². The lowest BCUT2D eigenvalue weighted by atomic mass is 10.1. The molecule has 0 atom stereocenters. The molecule has 0 unspecified atom stereocenters. The number of carbonyl (C=O) groups is 1. The number of fused-ring (bicyclic) bond motifs is 1. The second-order valence-electron chi connectivity index (χ2n) is 9.59. The van der Waals surface area contributed by atoms with Crippen molar-refractivity contribution >= 4 is 51.9 Å². The van der Waals surface area contributed by atoms with Crippen molar-refractivity contribution in [1.82, 2.24) is 34.6 Å². The predicted octanol–water partition coefficient (Wildman–Crippen LogP) is 4.97. The van der Waals surface area contributed by atoms with Gasteiger partial charge in [0.2, 0.25) is 5.95 Å². The Labute approximate surface area is 241 Å². The molecule has 12 heteroatoms. The molecule has 40 heavy (non-hydrogen) atoms. The fourth-order valence-corrected chi connectivity index (χ4v) is 5.31. The van der Waals surface area contributed by atoms with E-state index in [0.29, 0.717) is 33.9 Å². The Kier molecular flexibility index (Phi) is 7.38. The topological polar surface area (TPSA) is 108 Å². The third kappa shape index (κ3) is 5.38. The summed E-state index contributed by atoms with van der Waals surface area (Å²) in [6.45, 7) is 7.39. The van der Waals surface area contributed by atoms with Crippen molar-refractivity contribution in [2.24, 2.45) is 0 Å². The number of aromatic amines is 1. The standard InChI is InChI=1S/C28H27Cl2N9O/c1-2-37-8-10-38(11-9-37)28-31-14-19(15-32-28)27(40)34-26-13-24(35-36-26)18-6-7-23-25(12-18)39(17-33-23)16-20-21(29)4-3-5-22(20)30/h3-7,12-15,17H,2,8-11,16H2,1H3,(H2,34,35,36,40). The molecule has 10 nitrogen and oxygen atoms in total. The first-order chi connectivity index (χ1) is 19.5. The van der Waals surface area contributed by atoms with Crippen LogP contribution in [0.2, 0.25) is 10.0 Å². The first-order valence-corrected chi connectivity index (χ1v) is 13.8. The van der Waals surface area contributed by atoms with E-state index in [-0.39, 0.29) is 5.91 Å². The van der Waals surface area contributed by atoms with Crippen LogP contribution in [0.5, 0.6) is 0 Å². The van der Waals surface area contributed by atoms with Crippen molar-refractivity contribution < 1.29 is 4.79 Å². The molecule has 1 fully saturated rings. The first kappa shape index (κ1) is 26.2. The van der Waals surface area contributed by atoms with Crippen molar-refractivity contribution in [1.29, 1.82) is 0 Å². The van der Waals surface area contributed by atoms with Gasteiger partial charge in [0.1, 0.15) is 0 Å². The van der Waals surface area contributed by atoms with Crippen LogP contribution in [-0.2, 0) is 6.54 Å². The monoisotopic (exact) mass is 575 g/mol. The van der Waals surface area contributed by atoms with E-state index in [1.54, 1.807) is 24.8 Å². The molecule has 1 amide bonds. The normalized spacial score (nSPS) is 14.1. The third-order valence-electron chi connectivity index (χ3n) is 7.14. The van der Waals surface area contributed by atoms with Crippen LogP contribution in [0.15, 0.2) is 61.2 Å². The number of piperazine rings is 1. The Morgan fingerprint density at radius 3 is 2.48 bits per heavy atom. The maximum Gasteiger partial charge on any atom is 0.260 e. The van der Waals surface area contributed by atoms with Gasteiger partial charge in [-0.15, -0.1) is 0 Å². The van der Waals surface area contributed by atoms with Gasteiger partial charge in [0.15, 0.2) is 5.82 Å². The van der Waals surface area contributed by atoms with E-state index < -0.39 is 0 Å². The lowest BCUT2D eigenvalue weighted by Gasteiger charge is -2.33. The average molecular weight is 576 g/mol. The SMILES string of the molecule is CCN1CCN(c2ncc(C(=O)Nc3cc(-c4ccc5ncn(Cc6c(Cl)cccc6Cl)c5c4)[nH]n3)cn2)CC1.